The van der Waals surface area contributed by atoms with E-state index in [9.17, 15) is 0 Å². The molecule has 0 rings (SSSR count). The van der Waals surface area contributed by atoms with Crippen LogP contribution in [0.15, 0.2) is 0 Å². The van der Waals surface area contributed by atoms with E-state index in [0.29, 0.717) is 0 Å². The second-order valence-electron chi connectivity index (χ2n) is 0.304. The van der Waals surface area contributed by atoms with E-state index >= 15 is 0 Å². The fraction of sp³-hybridized carbons (Fsp3) is 0. The third-order valence-corrected chi connectivity index (χ3v) is 0. The van der Waals surface area contributed by atoms with E-state index in [-0.39, 0.29) is 50.0 Å². The molecule has 0 saturated carbocycles. The smallest absolute Gasteiger partial charge is 0.799 e. The summed E-state index contributed by atoms with van der Waals surface area (Å²) in [6.45, 7) is 0. The van der Waals surface area contributed by atoms with Crippen molar-refractivity contribution >= 4 is 30.9 Å². The van der Waals surface area contributed by atoms with E-state index in [1.54, 1.807) is 0 Å². The van der Waals surface area contributed by atoms with Gasteiger partial charge in [-0.25, -0.2) is 11.1 Å². The fourth-order valence-corrected chi connectivity index (χ4v) is 0. The Labute approximate surface area is 94.7 Å². The summed E-state index contributed by atoms with van der Waals surface area (Å²) in [5.41, 5.74) is 0. The molecule has 0 N–H and O–H groups in total. The molecule has 0 aromatic heterocycles. The van der Waals surface area contributed by atoms with Crippen LogP contribution in [0.5, 0.6) is 0 Å². The maximum absolute atomic E-state index is 8.89. The fourth-order valence-electron chi connectivity index (χ4n) is 0. The van der Waals surface area contributed by atoms with Crippen LogP contribution in [0.4, 0.5) is 0 Å². The van der Waals surface area contributed by atoms with Crippen molar-refractivity contribution in [2.24, 2.45) is 0 Å². The Hall–Kier alpha value is 2.28. The van der Waals surface area contributed by atoms with Gasteiger partial charge in [0, 0.05) is 31.1 Å². The zero-order chi connectivity index (χ0) is 5.58. The summed E-state index contributed by atoms with van der Waals surface area (Å²) in [6.07, 6.45) is 2.56. The predicted molar refractivity (Wildman–Crippen MR) is 30.0 cm³/mol. The van der Waals surface area contributed by atoms with Crippen LogP contribution in [0.2, 0.25) is 0 Å². The normalized spacial score (nSPS) is 8.25. The molecule has 0 spiro atoms. The van der Waals surface area contributed by atoms with E-state index in [0.717, 1.165) is 0 Å². The molecule has 7 heteroatoms. The van der Waals surface area contributed by atoms with E-state index in [2.05, 4.69) is 26.1 Å². The zero-order valence-corrected chi connectivity index (χ0v) is 11.1. The summed E-state index contributed by atoms with van der Waals surface area (Å²) in [6, 6.07) is 0. The molecule has 0 aliphatic rings. The van der Waals surface area contributed by atoms with Gasteiger partial charge < -0.3 is 8.76 Å². The third kappa shape index (κ3) is 84.4. The molecular formula is CH3LiO2PS2U-. The first-order chi connectivity index (χ1) is 2.73. The summed E-state index contributed by atoms with van der Waals surface area (Å²) in [4.78, 5) is 0. The van der Waals surface area contributed by atoms with Gasteiger partial charge >= 0.3 is 18.9 Å². The van der Waals surface area contributed by atoms with E-state index in [4.69, 9.17) is 8.76 Å². The largest absolute Gasteiger partial charge is 1.00 e. The molecule has 0 amide bonds. The van der Waals surface area contributed by atoms with Crippen molar-refractivity contribution in [1.82, 2.24) is 0 Å². The summed E-state index contributed by atoms with van der Waals surface area (Å²) < 4.78 is 17.8. The van der Waals surface area contributed by atoms with Crippen LogP contribution in [0.1, 0.15) is 0 Å². The predicted octanol–water partition coefficient (Wildman–Crippen LogP) is -2.75. The van der Waals surface area contributed by atoms with Crippen LogP contribution in [-0.4, -0.2) is 8.76 Å². The summed E-state index contributed by atoms with van der Waals surface area (Å²) in [7, 11) is 2.56. The van der Waals surface area contributed by atoms with Gasteiger partial charge in [-0.15, -0.1) is 0 Å². The van der Waals surface area contributed by atoms with Gasteiger partial charge in [-0.3, -0.25) is 6.26 Å². The second-order valence-corrected chi connectivity index (χ2v) is 0.911. The third-order valence-electron chi connectivity index (χ3n) is 0. The van der Waals surface area contributed by atoms with Gasteiger partial charge in [0.15, 0.2) is 0 Å². The number of rotatable bonds is 0. The Morgan fingerprint density at radius 3 is 1.62 bits per heavy atom. The Bertz CT molecular complexity index is 51.3. The van der Waals surface area contributed by atoms with Crippen LogP contribution in [0, 0.1) is 37.4 Å². The molecule has 8 heavy (non-hydrogen) atoms. The Balaban J connectivity index is -0.0000000183. The van der Waals surface area contributed by atoms with Crippen LogP contribution >= 0.6 is 8.02 Å². The van der Waals surface area contributed by atoms with Crippen LogP contribution < -0.4 is 18.9 Å². The van der Waals surface area contributed by atoms with E-state index in [1.807, 2.05) is 0 Å². The maximum atomic E-state index is 8.89. The summed E-state index contributed by atoms with van der Waals surface area (Å²) >= 11 is 1.78. The first-order valence-corrected chi connectivity index (χ1v) is 3.70. The first kappa shape index (κ1) is 22.4. The standard InChI is InChI=1S/CH3O2S.Li.HPS.U/c1-4(2)3;;1-2;/h1H2,(H,2,3);;1H;/q-1;+1;;/p-1. The molecule has 0 bridgehead atoms. The molecule has 0 saturated heterocycles. The monoisotopic (exact) mass is 387 g/mol. The van der Waals surface area contributed by atoms with Crippen LogP contribution in [0.25, 0.3) is 0 Å². The molecule has 0 aliphatic heterocycles. The minimum Gasteiger partial charge on any atom is -0.799 e. The van der Waals surface area contributed by atoms with Crippen molar-refractivity contribution in [1.29, 1.82) is 0 Å². The van der Waals surface area contributed by atoms with Gasteiger partial charge in [0.25, 0.3) is 0 Å². The maximum Gasteiger partial charge on any atom is 1.00 e. The molecule has 42 valence electrons. The number of hydrogen-bond donors (Lipinski definition) is 0. The summed E-state index contributed by atoms with van der Waals surface area (Å²) in [5.74, 6) is 0. The van der Waals surface area contributed by atoms with Gasteiger partial charge in [-0.05, 0) is 8.02 Å². The molecule has 0 fully saturated rings. The molecule has 0 aromatic carbocycles. The topological polar surface area (TPSA) is 40.1 Å². The molecule has 1 atom stereocenters. The van der Waals surface area contributed by atoms with Crippen LogP contribution in [-0.2, 0) is 22.9 Å². The second kappa shape index (κ2) is 22.8. The van der Waals surface area contributed by atoms with Crippen molar-refractivity contribution in [3.05, 3.63) is 6.26 Å². The molecule has 0 radical (unpaired) electrons. The molecule has 0 aliphatic carbocycles. The SMILES string of the molecule is P=S.[CH2-]S(=O)[O-].[Li+].[U]. The molecule has 1 unspecified atom stereocenters. The van der Waals surface area contributed by atoms with Gasteiger partial charge in [0.05, 0.1) is 0 Å². The van der Waals surface area contributed by atoms with Gasteiger partial charge in [0.1, 0.15) is 0 Å². The van der Waals surface area contributed by atoms with E-state index in [1.165, 1.54) is 0 Å². The van der Waals surface area contributed by atoms with Crippen molar-refractivity contribution in [3.8, 4) is 0 Å². The molecule has 0 heterocycles. The Morgan fingerprint density at radius 2 is 1.62 bits per heavy atom. The Morgan fingerprint density at radius 1 is 1.62 bits per heavy atom. The van der Waals surface area contributed by atoms with Crippen LogP contribution in [0.3, 0.4) is 0 Å². The minimum atomic E-state index is -2.11. The van der Waals surface area contributed by atoms with Crippen molar-refractivity contribution < 1.29 is 58.7 Å². The van der Waals surface area contributed by atoms with Crippen molar-refractivity contribution in [3.63, 3.8) is 0 Å². The van der Waals surface area contributed by atoms with Crippen molar-refractivity contribution in [2.75, 3.05) is 0 Å². The molecular weight excluding hydrogens is 384 g/mol. The quantitative estimate of drug-likeness (QED) is 0.196. The zero-order valence-electron chi connectivity index (χ0n) is 4.34. The molecule has 2 nitrogen and oxygen atoms in total. The first-order valence-electron chi connectivity index (χ1n) is 0.826. The van der Waals surface area contributed by atoms with Crippen molar-refractivity contribution in [2.45, 2.75) is 0 Å². The van der Waals surface area contributed by atoms with Gasteiger partial charge in [0.2, 0.25) is 0 Å². The average molecular weight is 387 g/mol. The van der Waals surface area contributed by atoms with Gasteiger partial charge in [-0.2, -0.15) is 0 Å². The number of hydrogen-bond acceptors (Lipinski definition) is 3. The Kier molecular flexibility index (Phi) is 64.0. The van der Waals surface area contributed by atoms with E-state index < -0.39 is 11.1 Å². The molecule has 0 aromatic rings. The summed E-state index contributed by atoms with van der Waals surface area (Å²) in [5, 5.41) is 0. The minimum absolute atomic E-state index is 0. The van der Waals surface area contributed by atoms with Gasteiger partial charge in [-0.1, -0.05) is 11.8 Å². The average Bonchev–Trinajstić information content (AvgIpc) is 1.41.